The van der Waals surface area contributed by atoms with Crippen molar-refractivity contribution in [2.24, 2.45) is 0 Å². The van der Waals surface area contributed by atoms with E-state index in [0.29, 0.717) is 11.8 Å². The van der Waals surface area contributed by atoms with Gasteiger partial charge >= 0.3 is 5.97 Å². The van der Waals surface area contributed by atoms with E-state index in [1.54, 1.807) is 24.3 Å². The highest BCUT2D eigenvalue weighted by atomic mass is 32.2. The molecular weight excluding hydrogens is 666 g/mol. The summed E-state index contributed by atoms with van der Waals surface area (Å²) in [6.07, 6.45) is -6.97. The molecule has 49 heavy (non-hydrogen) atoms. The zero-order valence-electron chi connectivity index (χ0n) is 26.3. The summed E-state index contributed by atoms with van der Waals surface area (Å²) < 4.78 is 11.4. The van der Waals surface area contributed by atoms with Crippen LogP contribution in [0.2, 0.25) is 0 Å². The fraction of sp³-hybridized carbons (Fsp3) is 0.438. The van der Waals surface area contributed by atoms with Gasteiger partial charge in [0.25, 0.3) is 5.91 Å². The number of benzene rings is 2. The van der Waals surface area contributed by atoms with Gasteiger partial charge in [0.1, 0.15) is 24.9 Å². The Labute approximate surface area is 284 Å². The van der Waals surface area contributed by atoms with E-state index in [9.17, 15) is 54.3 Å². The molecule has 2 aromatic rings. The van der Waals surface area contributed by atoms with E-state index in [0.717, 1.165) is 6.92 Å². The molecule has 1 aliphatic carbocycles. The van der Waals surface area contributed by atoms with Gasteiger partial charge in [-0.3, -0.25) is 24.0 Å². The van der Waals surface area contributed by atoms with Crippen LogP contribution in [0, 0.1) is 0 Å². The number of aliphatic hydroxyl groups is 4. The molecule has 2 aromatic carbocycles. The number of rotatable bonds is 15. The number of carbonyl (C=O) groups excluding carboxylic acids is 5. The predicted octanol–water partition coefficient (Wildman–Crippen LogP) is -1.79. The Hall–Kier alpha value is -4.23. The van der Waals surface area contributed by atoms with Crippen LogP contribution in [0.15, 0.2) is 42.5 Å². The van der Waals surface area contributed by atoms with Crippen LogP contribution >= 0.6 is 11.8 Å². The first-order chi connectivity index (χ1) is 23.3. The lowest BCUT2D eigenvalue weighted by Gasteiger charge is -2.47. The van der Waals surface area contributed by atoms with E-state index >= 15 is 0 Å². The number of fused-ring (bicyclic) bond motifs is 2. The molecular formula is C32H37N3O13S. The fourth-order valence-corrected chi connectivity index (χ4v) is 6.63. The first-order valence-corrected chi connectivity index (χ1v) is 16.2. The van der Waals surface area contributed by atoms with Crippen LogP contribution in [-0.2, 0) is 23.9 Å². The number of aliphatic carboxylic acids is 1. The summed E-state index contributed by atoms with van der Waals surface area (Å²) in [5.74, 6) is -4.25. The third kappa shape index (κ3) is 8.50. The second-order valence-corrected chi connectivity index (χ2v) is 12.7. The summed E-state index contributed by atoms with van der Waals surface area (Å²) in [5, 5.41) is 57.9. The standard InChI is InChI=1S/C32H37N3O13S/c1-16(38)35-25-22(39)13-32(31(45)46,49-11-10-36)48-29(25)28(23(40)14-37)47-15-24(41)33-8-9-34-30(44)17-6-7-20-21(12-17)27(43)19-5-3-2-4-18(19)26(20)42/h2-7,12,22-23,25,28-29,36-37,39-40H,8-11,13-15H2,1H3,(H,33,41)(H,34,44)(H,35,38)(H,45,46)/t22-,23+,25+,28+,29+,32-/m0/s1. The number of nitrogens with one attached hydrogen (secondary N) is 3. The Morgan fingerprint density at radius 2 is 1.63 bits per heavy atom. The van der Waals surface area contributed by atoms with E-state index in [-0.39, 0.29) is 58.2 Å². The lowest BCUT2D eigenvalue weighted by molar-refractivity contribution is -0.213. The van der Waals surface area contributed by atoms with Gasteiger partial charge in [-0.25, -0.2) is 4.79 Å². The normalized spacial score (nSPS) is 22.7. The monoisotopic (exact) mass is 703 g/mol. The molecule has 1 heterocycles. The second-order valence-electron chi connectivity index (χ2n) is 11.3. The van der Waals surface area contributed by atoms with E-state index in [1.165, 1.54) is 18.2 Å². The van der Waals surface area contributed by atoms with Crippen molar-refractivity contribution in [3.8, 4) is 0 Å². The van der Waals surface area contributed by atoms with Crippen molar-refractivity contribution in [3.63, 3.8) is 0 Å². The molecule has 0 saturated carbocycles. The van der Waals surface area contributed by atoms with E-state index in [1.807, 2.05) is 0 Å². The first-order valence-electron chi connectivity index (χ1n) is 15.2. The third-order valence-electron chi connectivity index (χ3n) is 7.91. The lowest BCUT2D eigenvalue weighted by Crippen LogP contribution is -2.67. The molecule has 17 heteroatoms. The highest BCUT2D eigenvalue weighted by Crippen LogP contribution is 2.40. The third-order valence-corrected chi connectivity index (χ3v) is 9.20. The minimum Gasteiger partial charge on any atom is -0.478 e. The van der Waals surface area contributed by atoms with Gasteiger partial charge in [0.05, 0.1) is 25.4 Å². The molecule has 8 N–H and O–H groups in total. The molecule has 0 spiro atoms. The van der Waals surface area contributed by atoms with Gasteiger partial charge in [-0.15, -0.1) is 11.8 Å². The zero-order chi connectivity index (χ0) is 35.9. The minimum atomic E-state index is -2.12. The number of hydrogen-bond acceptors (Lipinski definition) is 13. The molecule has 16 nitrogen and oxygen atoms in total. The molecule has 2 aliphatic rings. The average molecular weight is 704 g/mol. The highest BCUT2D eigenvalue weighted by molar-refractivity contribution is 8.01. The summed E-state index contributed by atoms with van der Waals surface area (Å²) in [6.45, 7) is -1.10. The quantitative estimate of drug-likeness (QED) is 0.0814. The molecule has 0 aromatic heterocycles. The highest BCUT2D eigenvalue weighted by Gasteiger charge is 2.55. The van der Waals surface area contributed by atoms with E-state index in [4.69, 9.17) is 9.47 Å². The Bertz CT molecular complexity index is 1600. The number of aliphatic hydroxyl groups excluding tert-OH is 4. The molecule has 6 atom stereocenters. The number of carbonyl (C=O) groups is 6. The van der Waals surface area contributed by atoms with Crippen LogP contribution < -0.4 is 16.0 Å². The van der Waals surface area contributed by atoms with Crippen LogP contribution in [0.3, 0.4) is 0 Å². The summed E-state index contributed by atoms with van der Waals surface area (Å²) in [5.41, 5.74) is 0.939. The van der Waals surface area contributed by atoms with Crippen molar-refractivity contribution in [1.29, 1.82) is 0 Å². The molecule has 0 radical (unpaired) electrons. The first kappa shape index (κ1) is 37.6. The van der Waals surface area contributed by atoms with Crippen molar-refractivity contribution >= 4 is 47.0 Å². The maximum absolute atomic E-state index is 13.0. The van der Waals surface area contributed by atoms with Gasteiger partial charge in [0.2, 0.25) is 16.7 Å². The minimum absolute atomic E-state index is 0.0637. The summed E-state index contributed by atoms with van der Waals surface area (Å²) >= 11 is 0.671. The summed E-state index contributed by atoms with van der Waals surface area (Å²) in [7, 11) is 0. The van der Waals surface area contributed by atoms with E-state index < -0.39 is 85.3 Å². The Morgan fingerprint density at radius 1 is 1.00 bits per heavy atom. The van der Waals surface area contributed by atoms with Crippen LogP contribution in [0.25, 0.3) is 0 Å². The van der Waals surface area contributed by atoms with Gasteiger partial charge in [0.15, 0.2) is 11.6 Å². The number of carboxylic acids is 1. The van der Waals surface area contributed by atoms with Crippen molar-refractivity contribution in [3.05, 3.63) is 70.3 Å². The topological polar surface area (TPSA) is 258 Å². The van der Waals surface area contributed by atoms with Crippen molar-refractivity contribution in [2.75, 3.05) is 38.7 Å². The van der Waals surface area contributed by atoms with Crippen molar-refractivity contribution < 1.29 is 63.8 Å². The van der Waals surface area contributed by atoms with Crippen molar-refractivity contribution in [1.82, 2.24) is 16.0 Å². The van der Waals surface area contributed by atoms with Crippen LogP contribution in [0.1, 0.15) is 55.5 Å². The number of ketones is 2. The maximum Gasteiger partial charge on any atom is 0.346 e. The molecule has 1 aliphatic heterocycles. The smallest absolute Gasteiger partial charge is 0.346 e. The number of amides is 3. The Kier molecular flexibility index (Phi) is 12.6. The number of carboxylic acid groups (broad SMARTS) is 1. The zero-order valence-corrected chi connectivity index (χ0v) is 27.1. The SMILES string of the molecule is CC(=O)N[C@H]1[C@H]([C@H](OCC(=O)NCCNC(=O)c2ccc3c(c2)C(=O)c2ccccc2C3=O)[C@H](O)CO)O[C@@](SCCO)(C(=O)O)C[C@@H]1O. The van der Waals surface area contributed by atoms with Crippen LogP contribution in [-0.4, -0.2) is 135 Å². The lowest BCUT2D eigenvalue weighted by atomic mass is 9.83. The molecule has 1 saturated heterocycles. The van der Waals surface area contributed by atoms with E-state index in [2.05, 4.69) is 16.0 Å². The summed E-state index contributed by atoms with van der Waals surface area (Å²) in [4.78, 5) is 73.3. The fourth-order valence-electron chi connectivity index (χ4n) is 5.62. The number of thioether (sulfide) groups is 1. The Balaban J connectivity index is 1.36. The second kappa shape index (κ2) is 16.4. The van der Waals surface area contributed by atoms with Gasteiger partial charge in [-0.2, -0.15) is 0 Å². The summed E-state index contributed by atoms with van der Waals surface area (Å²) in [6, 6.07) is 9.24. The Morgan fingerprint density at radius 3 is 2.24 bits per heavy atom. The molecule has 1 fully saturated rings. The number of hydrogen-bond donors (Lipinski definition) is 8. The maximum atomic E-state index is 13.0. The molecule has 264 valence electrons. The average Bonchev–Trinajstić information content (AvgIpc) is 3.08. The van der Waals surface area contributed by atoms with Gasteiger partial charge in [-0.1, -0.05) is 24.3 Å². The van der Waals surface area contributed by atoms with Gasteiger partial charge in [-0.05, 0) is 18.2 Å². The predicted molar refractivity (Wildman–Crippen MR) is 171 cm³/mol. The van der Waals surface area contributed by atoms with Gasteiger partial charge in [0, 0.05) is 60.0 Å². The number of ether oxygens (including phenoxy) is 2. The largest absolute Gasteiger partial charge is 0.478 e. The van der Waals surface area contributed by atoms with Gasteiger partial charge < -0.3 is 51.0 Å². The molecule has 0 unspecified atom stereocenters. The van der Waals surface area contributed by atoms with Crippen molar-refractivity contribution in [2.45, 2.75) is 48.7 Å². The molecule has 4 rings (SSSR count). The van der Waals surface area contributed by atoms with Crippen LogP contribution in [0.4, 0.5) is 0 Å². The molecule has 3 amide bonds. The molecule has 0 bridgehead atoms. The van der Waals surface area contributed by atoms with Crippen LogP contribution in [0.5, 0.6) is 0 Å².